The van der Waals surface area contributed by atoms with Gasteiger partial charge in [0.15, 0.2) is 12.4 Å². The minimum atomic E-state index is -1.63. The number of unbranched alkanes of at least 4 members (excludes halogenated alkanes) is 27. The fourth-order valence-electron chi connectivity index (χ4n) is 9.27. The number of esters is 1. The molecular formula is C66H115NO10. The van der Waals surface area contributed by atoms with Gasteiger partial charge in [0.2, 0.25) is 5.91 Å². The minimum Gasteiger partial charge on any atom is -0.454 e. The van der Waals surface area contributed by atoms with Crippen LogP contribution < -0.4 is 5.32 Å². The summed E-state index contributed by atoms with van der Waals surface area (Å²) in [4.78, 5) is 26.5. The molecule has 11 nitrogen and oxygen atoms in total. The molecule has 0 radical (unpaired) electrons. The Morgan fingerprint density at radius 1 is 0.519 bits per heavy atom. The van der Waals surface area contributed by atoms with Crippen molar-refractivity contribution in [3.63, 3.8) is 0 Å². The number of rotatable bonds is 52. The molecule has 0 aromatic carbocycles. The van der Waals surface area contributed by atoms with Crippen molar-refractivity contribution >= 4 is 11.9 Å². The Bertz CT molecular complexity index is 1570. The zero-order valence-electron chi connectivity index (χ0n) is 49.1. The summed E-state index contributed by atoms with van der Waals surface area (Å²) in [5.41, 5.74) is 0. The largest absolute Gasteiger partial charge is 0.454 e. The normalized spacial score (nSPS) is 19.6. The number of aliphatic hydroxyl groups is 5. The predicted molar refractivity (Wildman–Crippen MR) is 319 cm³/mol. The van der Waals surface area contributed by atoms with Gasteiger partial charge in [-0.3, -0.25) is 9.59 Å². The number of amides is 1. The molecule has 1 fully saturated rings. The van der Waals surface area contributed by atoms with Crippen molar-refractivity contribution in [1.29, 1.82) is 0 Å². The van der Waals surface area contributed by atoms with Gasteiger partial charge in [0.05, 0.1) is 25.4 Å². The average molecular weight is 1080 g/mol. The number of carbonyl (C=O) groups is 2. The van der Waals surface area contributed by atoms with Crippen LogP contribution in [-0.4, -0.2) is 99.6 Å². The summed E-state index contributed by atoms with van der Waals surface area (Å²) in [6.45, 7) is 5.71. The third-order valence-electron chi connectivity index (χ3n) is 14.3. The van der Waals surface area contributed by atoms with E-state index in [0.717, 1.165) is 109 Å². The first-order valence-electron chi connectivity index (χ1n) is 31.4. The smallest absolute Gasteiger partial charge is 0.306 e. The van der Waals surface area contributed by atoms with Crippen LogP contribution in [0.3, 0.4) is 0 Å². The molecule has 1 aliphatic rings. The third kappa shape index (κ3) is 41.5. The van der Waals surface area contributed by atoms with Crippen LogP contribution in [0.15, 0.2) is 85.1 Å². The SMILES string of the molecule is CCCCC/C=C\C/C=C\C/C=C\C/C=C\CCCCCCCC(=O)OC1C(OCC(NC(=O)C(O)CCCCCCC/C=C/C=C/CCCCC)C(O)/C=C/CCCCCCCCCCCCC)OC(CO)C(O)C1O. The quantitative estimate of drug-likeness (QED) is 0.0149. The molecule has 0 aliphatic carbocycles. The molecule has 1 rings (SSSR count). The maximum Gasteiger partial charge on any atom is 0.306 e. The first-order chi connectivity index (χ1) is 37.7. The van der Waals surface area contributed by atoms with Crippen LogP contribution in [0.2, 0.25) is 0 Å². The van der Waals surface area contributed by atoms with Crippen LogP contribution in [0.5, 0.6) is 0 Å². The molecule has 77 heavy (non-hydrogen) atoms. The molecule has 1 saturated heterocycles. The van der Waals surface area contributed by atoms with Crippen molar-refractivity contribution in [3.8, 4) is 0 Å². The third-order valence-corrected chi connectivity index (χ3v) is 14.3. The van der Waals surface area contributed by atoms with E-state index in [1.165, 1.54) is 103 Å². The van der Waals surface area contributed by atoms with Crippen molar-refractivity contribution in [2.75, 3.05) is 13.2 Å². The van der Waals surface area contributed by atoms with E-state index < -0.39 is 67.4 Å². The number of hydrogen-bond donors (Lipinski definition) is 6. The molecule has 11 heteroatoms. The first kappa shape index (κ1) is 71.9. The van der Waals surface area contributed by atoms with Crippen molar-refractivity contribution in [3.05, 3.63) is 85.1 Å². The van der Waals surface area contributed by atoms with E-state index in [1.807, 2.05) is 6.08 Å². The van der Waals surface area contributed by atoms with Crippen molar-refractivity contribution in [1.82, 2.24) is 5.32 Å². The van der Waals surface area contributed by atoms with E-state index in [4.69, 9.17) is 14.2 Å². The number of carbonyl (C=O) groups excluding carboxylic acids is 2. The molecule has 1 aliphatic heterocycles. The second-order valence-electron chi connectivity index (χ2n) is 21.5. The van der Waals surface area contributed by atoms with E-state index in [1.54, 1.807) is 6.08 Å². The van der Waals surface area contributed by atoms with Gasteiger partial charge >= 0.3 is 5.97 Å². The van der Waals surface area contributed by atoms with E-state index in [-0.39, 0.29) is 19.4 Å². The van der Waals surface area contributed by atoms with Crippen LogP contribution in [0.1, 0.15) is 258 Å². The number of aliphatic hydroxyl groups excluding tert-OH is 5. The molecule has 0 saturated carbocycles. The lowest BCUT2D eigenvalue weighted by atomic mass is 9.99. The molecule has 444 valence electrons. The standard InChI is InChI=1S/C66H115NO10/c1-4-7-10-13-16-19-22-25-27-28-29-30-31-32-33-36-39-42-45-48-51-54-61(71)77-64-63(73)62(72)60(55-68)76-66(64)75-56-57(58(69)52-49-46-43-40-37-34-24-21-18-15-12-9-6-3)67-65(74)59(70)53-50-47-44-41-38-35-26-23-20-17-14-11-8-5-2/h16-17,19-20,23,25-27,29-30,32-33,49,52,57-60,62-64,66,68-70,72-73H,4-15,18,21-22,24,28,31,34-48,50-51,53-56H2,1-3H3,(H,67,74)/b19-16-,20-17+,26-23+,27-25-,30-29-,33-32-,52-49+. The molecule has 0 aromatic heterocycles. The maximum absolute atomic E-state index is 13.4. The van der Waals surface area contributed by atoms with Gasteiger partial charge in [0.25, 0.3) is 0 Å². The van der Waals surface area contributed by atoms with Gasteiger partial charge in [-0.1, -0.05) is 241 Å². The fraction of sp³-hybridized carbons (Fsp3) is 0.758. The molecule has 0 aromatic rings. The van der Waals surface area contributed by atoms with Crippen LogP contribution in [0.4, 0.5) is 0 Å². The van der Waals surface area contributed by atoms with Crippen LogP contribution in [0.25, 0.3) is 0 Å². The Hall–Kier alpha value is -3.16. The maximum atomic E-state index is 13.4. The Labute approximate surface area is 470 Å². The summed E-state index contributed by atoms with van der Waals surface area (Å²) >= 11 is 0. The van der Waals surface area contributed by atoms with E-state index >= 15 is 0 Å². The summed E-state index contributed by atoms with van der Waals surface area (Å²) in [5.74, 6) is -1.23. The lowest BCUT2D eigenvalue weighted by molar-refractivity contribution is -0.305. The topological polar surface area (TPSA) is 175 Å². The lowest BCUT2D eigenvalue weighted by Crippen LogP contribution is -2.61. The highest BCUT2D eigenvalue weighted by atomic mass is 16.7. The average Bonchev–Trinajstić information content (AvgIpc) is 3.43. The van der Waals surface area contributed by atoms with E-state index in [0.29, 0.717) is 12.8 Å². The van der Waals surface area contributed by atoms with Gasteiger partial charge in [0, 0.05) is 6.42 Å². The van der Waals surface area contributed by atoms with Gasteiger partial charge in [-0.15, -0.1) is 0 Å². The van der Waals surface area contributed by atoms with E-state index in [9.17, 15) is 35.1 Å². The van der Waals surface area contributed by atoms with Crippen LogP contribution in [-0.2, 0) is 23.8 Å². The molecule has 0 spiro atoms. The lowest BCUT2D eigenvalue weighted by Gasteiger charge is -2.41. The second-order valence-corrected chi connectivity index (χ2v) is 21.5. The highest BCUT2D eigenvalue weighted by Gasteiger charge is 2.47. The number of hydrogen-bond acceptors (Lipinski definition) is 10. The van der Waals surface area contributed by atoms with Gasteiger partial charge < -0.3 is 45.1 Å². The number of allylic oxidation sites excluding steroid dienone is 13. The Balaban J connectivity index is 2.70. The summed E-state index contributed by atoms with van der Waals surface area (Å²) < 4.78 is 17.6. The Morgan fingerprint density at radius 2 is 0.935 bits per heavy atom. The Kier molecular flexibility index (Phi) is 49.9. The Morgan fingerprint density at radius 3 is 1.44 bits per heavy atom. The van der Waals surface area contributed by atoms with Crippen molar-refractivity contribution < 1.29 is 49.3 Å². The first-order valence-corrected chi connectivity index (χ1v) is 31.4. The summed E-state index contributed by atoms with van der Waals surface area (Å²) in [7, 11) is 0. The number of ether oxygens (including phenoxy) is 3. The summed E-state index contributed by atoms with van der Waals surface area (Å²) in [5, 5.41) is 57.0. The minimum absolute atomic E-state index is 0.0975. The van der Waals surface area contributed by atoms with Gasteiger partial charge in [-0.25, -0.2) is 0 Å². The monoisotopic (exact) mass is 1080 g/mol. The van der Waals surface area contributed by atoms with Gasteiger partial charge in [0.1, 0.15) is 24.4 Å². The molecule has 8 unspecified atom stereocenters. The zero-order valence-corrected chi connectivity index (χ0v) is 49.1. The molecule has 0 bridgehead atoms. The van der Waals surface area contributed by atoms with Crippen LogP contribution >= 0.6 is 0 Å². The highest BCUT2D eigenvalue weighted by Crippen LogP contribution is 2.26. The van der Waals surface area contributed by atoms with Crippen molar-refractivity contribution in [2.45, 2.75) is 307 Å². The molecule has 6 N–H and O–H groups in total. The fourth-order valence-corrected chi connectivity index (χ4v) is 9.27. The summed E-state index contributed by atoms with van der Waals surface area (Å²) in [6, 6.07) is -1.04. The molecule has 1 amide bonds. The second kappa shape index (κ2) is 53.5. The predicted octanol–water partition coefficient (Wildman–Crippen LogP) is 14.9. The zero-order chi connectivity index (χ0) is 56.1. The molecule has 8 atom stereocenters. The van der Waals surface area contributed by atoms with Gasteiger partial charge in [-0.2, -0.15) is 0 Å². The van der Waals surface area contributed by atoms with Crippen LogP contribution in [0, 0.1) is 0 Å². The molecule has 1 heterocycles. The molecular weight excluding hydrogens is 967 g/mol. The van der Waals surface area contributed by atoms with Crippen molar-refractivity contribution in [2.24, 2.45) is 0 Å². The number of nitrogens with one attached hydrogen (secondary N) is 1. The summed E-state index contributed by atoms with van der Waals surface area (Å²) in [6.07, 6.45) is 58.9. The van der Waals surface area contributed by atoms with Gasteiger partial charge in [-0.05, 0) is 96.3 Å². The van der Waals surface area contributed by atoms with E-state index in [2.05, 4.69) is 99.0 Å². The highest BCUT2D eigenvalue weighted by molar-refractivity contribution is 5.80.